The summed E-state index contributed by atoms with van der Waals surface area (Å²) in [4.78, 5) is 25.6. The van der Waals surface area contributed by atoms with Gasteiger partial charge in [0.25, 0.3) is 5.91 Å². The highest BCUT2D eigenvalue weighted by Gasteiger charge is 2.33. The molecule has 7 heteroatoms. The first-order valence-electron chi connectivity index (χ1n) is 6.56. The normalized spacial score (nSPS) is 16.8. The molecule has 0 radical (unpaired) electrons. The van der Waals surface area contributed by atoms with E-state index in [9.17, 15) is 9.59 Å². The minimum atomic E-state index is -0.445. The standard InChI is InChI=1S/C14H15NO4S2/c1-2-3-6-19-12(16)9-15-13(17)11(21-14(15)20)8-10-5-4-7-18-10/h4-5,7-8H,2-3,6,9H2,1H3. The van der Waals surface area contributed by atoms with E-state index >= 15 is 0 Å². The zero-order valence-electron chi connectivity index (χ0n) is 11.5. The highest BCUT2D eigenvalue weighted by Crippen LogP contribution is 2.32. The quantitative estimate of drug-likeness (QED) is 0.347. The summed E-state index contributed by atoms with van der Waals surface area (Å²) in [5.74, 6) is -0.172. The number of esters is 1. The van der Waals surface area contributed by atoms with Gasteiger partial charge in [0.05, 0.1) is 17.8 Å². The van der Waals surface area contributed by atoms with Crippen LogP contribution in [0.5, 0.6) is 0 Å². The maximum Gasteiger partial charge on any atom is 0.326 e. The van der Waals surface area contributed by atoms with Crippen LogP contribution in [-0.4, -0.2) is 34.2 Å². The van der Waals surface area contributed by atoms with Crippen molar-refractivity contribution in [3.63, 3.8) is 0 Å². The smallest absolute Gasteiger partial charge is 0.326 e. The fourth-order valence-electron chi connectivity index (χ4n) is 1.64. The molecule has 21 heavy (non-hydrogen) atoms. The van der Waals surface area contributed by atoms with E-state index in [4.69, 9.17) is 21.4 Å². The molecule has 0 saturated carbocycles. The Bertz CT molecular complexity index is 566. The Morgan fingerprint density at radius 1 is 1.57 bits per heavy atom. The fourth-order valence-corrected chi connectivity index (χ4v) is 2.88. The van der Waals surface area contributed by atoms with E-state index in [2.05, 4.69) is 0 Å². The second-order valence-corrected chi connectivity index (χ2v) is 6.03. The van der Waals surface area contributed by atoms with Crippen LogP contribution in [0.2, 0.25) is 0 Å². The van der Waals surface area contributed by atoms with Gasteiger partial charge in [-0.1, -0.05) is 37.3 Å². The molecule has 2 rings (SSSR count). The third-order valence-electron chi connectivity index (χ3n) is 2.74. The summed E-state index contributed by atoms with van der Waals surface area (Å²) in [6.07, 6.45) is 4.89. The van der Waals surface area contributed by atoms with Gasteiger partial charge >= 0.3 is 5.97 Å². The predicted octanol–water partition coefficient (Wildman–Crippen LogP) is 2.82. The van der Waals surface area contributed by atoms with Crippen LogP contribution in [0.1, 0.15) is 25.5 Å². The van der Waals surface area contributed by atoms with E-state index < -0.39 is 5.97 Å². The molecule has 1 aliphatic rings. The molecule has 1 aromatic heterocycles. The molecule has 2 heterocycles. The van der Waals surface area contributed by atoms with Crippen LogP contribution >= 0.6 is 24.0 Å². The van der Waals surface area contributed by atoms with E-state index in [0.717, 1.165) is 24.6 Å². The summed E-state index contributed by atoms with van der Waals surface area (Å²) in [6, 6.07) is 3.48. The van der Waals surface area contributed by atoms with Crippen LogP contribution in [0.25, 0.3) is 6.08 Å². The molecule has 1 saturated heterocycles. The van der Waals surface area contributed by atoms with Crippen LogP contribution in [0, 0.1) is 0 Å². The van der Waals surface area contributed by atoms with Gasteiger partial charge in [-0.05, 0) is 18.6 Å². The number of unbranched alkanes of at least 4 members (excludes halogenated alkanes) is 1. The number of hydrogen-bond acceptors (Lipinski definition) is 6. The molecular formula is C14H15NO4S2. The van der Waals surface area contributed by atoms with E-state index in [-0.39, 0.29) is 12.5 Å². The van der Waals surface area contributed by atoms with E-state index in [0.29, 0.717) is 21.6 Å². The van der Waals surface area contributed by atoms with Crippen molar-refractivity contribution in [2.45, 2.75) is 19.8 Å². The lowest BCUT2D eigenvalue weighted by Crippen LogP contribution is -2.34. The highest BCUT2D eigenvalue weighted by atomic mass is 32.2. The maximum atomic E-state index is 12.2. The van der Waals surface area contributed by atoms with Crippen molar-refractivity contribution in [3.05, 3.63) is 29.1 Å². The van der Waals surface area contributed by atoms with Crippen molar-refractivity contribution in [3.8, 4) is 0 Å². The van der Waals surface area contributed by atoms with Crippen LogP contribution in [0.15, 0.2) is 27.7 Å². The number of thiocarbonyl (C=S) groups is 1. The van der Waals surface area contributed by atoms with Gasteiger partial charge in [-0.2, -0.15) is 0 Å². The third kappa shape index (κ3) is 4.18. The molecular weight excluding hydrogens is 310 g/mol. The number of nitrogens with zero attached hydrogens (tertiary/aromatic N) is 1. The molecule has 0 unspecified atom stereocenters. The molecule has 112 valence electrons. The Balaban J connectivity index is 1.97. The van der Waals surface area contributed by atoms with E-state index in [1.54, 1.807) is 18.2 Å². The van der Waals surface area contributed by atoms with E-state index in [1.807, 2.05) is 6.92 Å². The van der Waals surface area contributed by atoms with Gasteiger partial charge in [0.1, 0.15) is 16.6 Å². The lowest BCUT2D eigenvalue weighted by atomic mass is 10.3. The number of amides is 1. The summed E-state index contributed by atoms with van der Waals surface area (Å²) in [5.41, 5.74) is 0. The third-order valence-corrected chi connectivity index (χ3v) is 4.12. The van der Waals surface area contributed by atoms with Crippen molar-refractivity contribution in [1.82, 2.24) is 4.90 Å². The zero-order valence-corrected chi connectivity index (χ0v) is 13.2. The van der Waals surface area contributed by atoms with Gasteiger partial charge in [-0.25, -0.2) is 0 Å². The Hall–Kier alpha value is -1.60. The summed E-state index contributed by atoms with van der Waals surface area (Å²) >= 11 is 6.28. The maximum absolute atomic E-state index is 12.2. The molecule has 5 nitrogen and oxygen atoms in total. The monoisotopic (exact) mass is 325 g/mol. The highest BCUT2D eigenvalue weighted by molar-refractivity contribution is 8.26. The van der Waals surface area contributed by atoms with Gasteiger partial charge < -0.3 is 9.15 Å². The Morgan fingerprint density at radius 3 is 3.05 bits per heavy atom. The Morgan fingerprint density at radius 2 is 2.38 bits per heavy atom. The van der Waals surface area contributed by atoms with Crippen molar-refractivity contribution in [2.24, 2.45) is 0 Å². The molecule has 0 atom stereocenters. The van der Waals surface area contributed by atoms with Crippen molar-refractivity contribution in [1.29, 1.82) is 0 Å². The number of thioether (sulfide) groups is 1. The van der Waals surface area contributed by atoms with Gasteiger partial charge in [-0.15, -0.1) is 0 Å². The molecule has 1 aromatic rings. The second kappa shape index (κ2) is 7.42. The Kier molecular flexibility index (Phi) is 5.58. The molecule has 0 aliphatic carbocycles. The van der Waals surface area contributed by atoms with Crippen LogP contribution < -0.4 is 0 Å². The first-order valence-corrected chi connectivity index (χ1v) is 7.78. The van der Waals surface area contributed by atoms with Crippen LogP contribution in [-0.2, 0) is 14.3 Å². The molecule has 1 amide bonds. The first-order chi connectivity index (χ1) is 10.1. The second-order valence-electron chi connectivity index (χ2n) is 4.36. The minimum Gasteiger partial charge on any atom is -0.465 e. The topological polar surface area (TPSA) is 59.8 Å². The van der Waals surface area contributed by atoms with Crippen molar-refractivity contribution >= 4 is 46.3 Å². The van der Waals surface area contributed by atoms with Crippen molar-refractivity contribution in [2.75, 3.05) is 13.2 Å². The van der Waals surface area contributed by atoms with Crippen LogP contribution in [0.3, 0.4) is 0 Å². The molecule has 0 N–H and O–H groups in total. The number of furan rings is 1. The number of hydrogen-bond donors (Lipinski definition) is 0. The van der Waals surface area contributed by atoms with Gasteiger partial charge in [0.15, 0.2) is 0 Å². The van der Waals surface area contributed by atoms with Gasteiger partial charge in [-0.3, -0.25) is 14.5 Å². The average Bonchev–Trinajstić information content (AvgIpc) is 3.04. The fraction of sp³-hybridized carbons (Fsp3) is 0.357. The van der Waals surface area contributed by atoms with Gasteiger partial charge in [0.2, 0.25) is 0 Å². The molecule has 1 fully saturated rings. The summed E-state index contributed by atoms with van der Waals surface area (Å²) in [7, 11) is 0. The minimum absolute atomic E-state index is 0.149. The van der Waals surface area contributed by atoms with Gasteiger partial charge in [0, 0.05) is 6.08 Å². The van der Waals surface area contributed by atoms with E-state index in [1.165, 1.54) is 11.2 Å². The zero-order chi connectivity index (χ0) is 15.2. The first kappa shape index (κ1) is 15.8. The number of ether oxygens (including phenoxy) is 1. The van der Waals surface area contributed by atoms with Crippen LogP contribution in [0.4, 0.5) is 0 Å². The summed E-state index contributed by atoms with van der Waals surface area (Å²) in [5, 5.41) is 0. The Labute approximate surface area is 132 Å². The predicted molar refractivity (Wildman–Crippen MR) is 84.5 cm³/mol. The number of rotatable bonds is 6. The summed E-state index contributed by atoms with van der Waals surface area (Å²) < 4.78 is 10.6. The number of carbonyl (C=O) groups is 2. The molecule has 0 spiro atoms. The molecule has 1 aliphatic heterocycles. The lowest BCUT2D eigenvalue weighted by Gasteiger charge is -2.13. The molecule has 0 bridgehead atoms. The largest absolute Gasteiger partial charge is 0.465 e. The number of carbonyl (C=O) groups excluding carboxylic acids is 2. The van der Waals surface area contributed by atoms with Crippen molar-refractivity contribution < 1.29 is 18.7 Å². The summed E-state index contributed by atoms with van der Waals surface area (Å²) in [6.45, 7) is 2.23. The SMILES string of the molecule is CCCCOC(=O)CN1C(=O)C(=Cc2ccco2)SC1=S. The molecule has 0 aromatic carbocycles. The average molecular weight is 325 g/mol. The lowest BCUT2D eigenvalue weighted by molar-refractivity contribution is -0.146.